The number of carbonyl (C=O) groups is 2. The highest BCUT2D eigenvalue weighted by Crippen LogP contribution is 2.36. The van der Waals surface area contributed by atoms with Gasteiger partial charge < -0.3 is 14.8 Å². The molecule has 2 aromatic rings. The first-order valence-corrected chi connectivity index (χ1v) is 10.2. The number of nitrogens with one attached hydrogen (secondary N) is 1. The van der Waals surface area contributed by atoms with Crippen molar-refractivity contribution >= 4 is 40.1 Å². The number of amides is 2. The van der Waals surface area contributed by atoms with Crippen LogP contribution >= 0.6 is 11.8 Å². The summed E-state index contributed by atoms with van der Waals surface area (Å²) in [4.78, 5) is 31.3. The van der Waals surface area contributed by atoms with Crippen LogP contribution in [0.3, 0.4) is 0 Å². The van der Waals surface area contributed by atoms with E-state index in [4.69, 9.17) is 9.47 Å². The molecule has 2 amide bonds. The number of nitrogens with zero attached hydrogens (tertiary/aromatic N) is 2. The van der Waals surface area contributed by atoms with Crippen LogP contribution in [0.5, 0.6) is 11.5 Å². The zero-order chi connectivity index (χ0) is 21.7. The zero-order valence-corrected chi connectivity index (χ0v) is 17.7. The van der Waals surface area contributed by atoms with Crippen LogP contribution in [0.4, 0.5) is 15.8 Å². The molecule has 1 aliphatic rings. The van der Waals surface area contributed by atoms with Gasteiger partial charge in [0.1, 0.15) is 28.3 Å². The van der Waals surface area contributed by atoms with E-state index in [2.05, 4.69) is 10.3 Å². The molecule has 30 heavy (non-hydrogen) atoms. The van der Waals surface area contributed by atoms with Gasteiger partial charge in [0.15, 0.2) is 5.17 Å². The summed E-state index contributed by atoms with van der Waals surface area (Å²) >= 11 is 1.20. The van der Waals surface area contributed by atoms with E-state index in [1.54, 1.807) is 31.4 Å². The van der Waals surface area contributed by atoms with E-state index in [1.807, 2.05) is 6.92 Å². The molecule has 0 radical (unpaired) electrons. The Labute approximate surface area is 178 Å². The number of ether oxygens (including phenoxy) is 2. The summed E-state index contributed by atoms with van der Waals surface area (Å²) in [6.07, 6.45) is -0.0946. The fraction of sp³-hybridized carbons (Fsp3) is 0.286. The first-order valence-electron chi connectivity index (χ1n) is 9.30. The van der Waals surface area contributed by atoms with E-state index < -0.39 is 17.0 Å². The van der Waals surface area contributed by atoms with Crippen LogP contribution in [-0.4, -0.2) is 47.9 Å². The van der Waals surface area contributed by atoms with Crippen LogP contribution in [0.2, 0.25) is 0 Å². The Bertz CT molecular complexity index is 982. The van der Waals surface area contributed by atoms with Crippen molar-refractivity contribution in [3.8, 4) is 11.5 Å². The maximum atomic E-state index is 13.8. The monoisotopic (exact) mass is 431 g/mol. The van der Waals surface area contributed by atoms with Gasteiger partial charge in [-0.25, -0.2) is 9.38 Å². The summed E-state index contributed by atoms with van der Waals surface area (Å²) < 4.78 is 24.3. The summed E-state index contributed by atoms with van der Waals surface area (Å²) in [5, 5.41) is 2.34. The van der Waals surface area contributed by atoms with Crippen LogP contribution in [0.15, 0.2) is 47.5 Å². The van der Waals surface area contributed by atoms with Gasteiger partial charge in [-0.15, -0.1) is 0 Å². The van der Waals surface area contributed by atoms with Crippen molar-refractivity contribution in [1.82, 2.24) is 4.90 Å². The molecule has 3 rings (SSSR count). The number of rotatable bonds is 7. The quantitative estimate of drug-likeness (QED) is 0.721. The van der Waals surface area contributed by atoms with Gasteiger partial charge >= 0.3 is 0 Å². The van der Waals surface area contributed by atoms with Crippen molar-refractivity contribution in [2.24, 2.45) is 4.99 Å². The lowest BCUT2D eigenvalue weighted by Gasteiger charge is -2.14. The summed E-state index contributed by atoms with van der Waals surface area (Å²) in [6, 6.07) is 11.1. The van der Waals surface area contributed by atoms with Crippen LogP contribution in [0.25, 0.3) is 0 Å². The second kappa shape index (κ2) is 9.62. The van der Waals surface area contributed by atoms with E-state index in [9.17, 15) is 14.0 Å². The fourth-order valence-corrected chi connectivity index (χ4v) is 4.15. The van der Waals surface area contributed by atoms with Crippen LogP contribution in [-0.2, 0) is 9.59 Å². The molecule has 1 aliphatic heterocycles. The fourth-order valence-electron chi connectivity index (χ4n) is 2.94. The summed E-state index contributed by atoms with van der Waals surface area (Å²) in [6.45, 7) is 2.24. The Hall–Kier alpha value is -3.07. The Balaban J connectivity index is 1.79. The minimum atomic E-state index is -0.646. The van der Waals surface area contributed by atoms with E-state index in [-0.39, 0.29) is 18.0 Å². The third kappa shape index (κ3) is 4.73. The number of halogens is 1. The lowest BCUT2D eigenvalue weighted by Crippen LogP contribution is -2.33. The second-order valence-electron chi connectivity index (χ2n) is 6.35. The topological polar surface area (TPSA) is 80.2 Å². The van der Waals surface area contributed by atoms with E-state index in [0.29, 0.717) is 28.9 Å². The summed E-state index contributed by atoms with van der Waals surface area (Å²) in [7, 11) is 3.08. The second-order valence-corrected chi connectivity index (χ2v) is 7.52. The lowest BCUT2D eigenvalue weighted by atomic mass is 10.2. The number of aliphatic imine (C=N–C) groups is 1. The van der Waals surface area contributed by atoms with E-state index in [0.717, 1.165) is 0 Å². The van der Waals surface area contributed by atoms with Gasteiger partial charge in [-0.3, -0.25) is 14.5 Å². The lowest BCUT2D eigenvalue weighted by molar-refractivity contribution is -0.128. The van der Waals surface area contributed by atoms with Crippen molar-refractivity contribution in [2.75, 3.05) is 26.1 Å². The van der Waals surface area contributed by atoms with Gasteiger partial charge in [-0.05, 0) is 31.2 Å². The minimum Gasteiger partial charge on any atom is -0.497 e. The number of thioether (sulfide) groups is 1. The number of methoxy groups -OCH3 is 2. The molecule has 158 valence electrons. The number of benzene rings is 2. The zero-order valence-electron chi connectivity index (χ0n) is 16.8. The van der Waals surface area contributed by atoms with Crippen LogP contribution in [0.1, 0.15) is 13.3 Å². The third-order valence-corrected chi connectivity index (χ3v) is 5.63. The first kappa shape index (κ1) is 21.6. The molecule has 1 fully saturated rings. The van der Waals surface area contributed by atoms with Gasteiger partial charge in [-0.2, -0.15) is 0 Å². The number of para-hydroxylation sites is 1. The van der Waals surface area contributed by atoms with Crippen LogP contribution in [0, 0.1) is 5.82 Å². The Morgan fingerprint density at radius 3 is 2.67 bits per heavy atom. The predicted octanol–water partition coefficient (Wildman–Crippen LogP) is 3.82. The maximum Gasteiger partial charge on any atom is 0.242 e. The molecule has 1 N–H and O–H groups in total. The largest absolute Gasteiger partial charge is 0.497 e. The number of amidine groups is 1. The van der Waals surface area contributed by atoms with Gasteiger partial charge in [0, 0.05) is 19.0 Å². The minimum absolute atomic E-state index is 0.0836. The average molecular weight is 431 g/mol. The SMILES string of the molecule is CCN1C(=O)C(CC(=O)Nc2ccccc2F)SC1=Nc1cc(OC)ccc1OC. The van der Waals surface area contributed by atoms with Gasteiger partial charge in [0.25, 0.3) is 0 Å². The summed E-state index contributed by atoms with van der Waals surface area (Å²) in [5.41, 5.74) is 0.599. The van der Waals surface area contributed by atoms with Crippen molar-refractivity contribution in [3.63, 3.8) is 0 Å². The predicted molar refractivity (Wildman–Crippen MR) is 115 cm³/mol. The number of hydrogen-bond donors (Lipinski definition) is 1. The Morgan fingerprint density at radius 2 is 2.00 bits per heavy atom. The van der Waals surface area contributed by atoms with Gasteiger partial charge in [0.2, 0.25) is 11.8 Å². The third-order valence-electron chi connectivity index (χ3n) is 4.46. The standard InChI is InChI=1S/C21H22FN3O4S/c1-4-25-20(27)18(12-19(26)23-15-8-6-5-7-14(15)22)30-21(25)24-16-11-13(28-2)9-10-17(16)29-3/h5-11,18H,4,12H2,1-3H3,(H,23,26). The Kier molecular flexibility index (Phi) is 6.94. The molecule has 0 aromatic heterocycles. The number of hydrogen-bond acceptors (Lipinski definition) is 6. The first-order chi connectivity index (χ1) is 14.5. The van der Waals surface area contributed by atoms with Gasteiger partial charge in [0.05, 0.1) is 19.9 Å². The number of anilines is 1. The summed E-state index contributed by atoms with van der Waals surface area (Å²) in [5.74, 6) is -0.0469. The molecule has 1 unspecified atom stereocenters. The van der Waals surface area contributed by atoms with E-state index in [1.165, 1.54) is 42.0 Å². The maximum absolute atomic E-state index is 13.8. The van der Waals surface area contributed by atoms with Crippen molar-refractivity contribution in [2.45, 2.75) is 18.6 Å². The highest BCUT2D eigenvalue weighted by molar-refractivity contribution is 8.15. The van der Waals surface area contributed by atoms with E-state index >= 15 is 0 Å². The molecule has 0 spiro atoms. The number of carbonyl (C=O) groups excluding carboxylic acids is 2. The van der Waals surface area contributed by atoms with Crippen molar-refractivity contribution in [3.05, 3.63) is 48.3 Å². The molecule has 9 heteroatoms. The highest BCUT2D eigenvalue weighted by atomic mass is 32.2. The van der Waals surface area contributed by atoms with Crippen LogP contribution < -0.4 is 14.8 Å². The van der Waals surface area contributed by atoms with Gasteiger partial charge in [-0.1, -0.05) is 23.9 Å². The molecule has 0 saturated carbocycles. The molecule has 1 saturated heterocycles. The molecule has 1 heterocycles. The molecular weight excluding hydrogens is 409 g/mol. The molecule has 1 atom stereocenters. The smallest absolute Gasteiger partial charge is 0.242 e. The molecule has 0 aliphatic carbocycles. The molecule has 7 nitrogen and oxygen atoms in total. The highest BCUT2D eigenvalue weighted by Gasteiger charge is 2.38. The average Bonchev–Trinajstić information content (AvgIpc) is 3.03. The normalized spacial score (nSPS) is 17.3. The molecule has 0 bridgehead atoms. The van der Waals surface area contributed by atoms with Crippen molar-refractivity contribution < 1.29 is 23.5 Å². The molecular formula is C21H22FN3O4S. The molecule has 2 aromatic carbocycles. The Morgan fingerprint density at radius 1 is 1.23 bits per heavy atom. The van der Waals surface area contributed by atoms with Crippen molar-refractivity contribution in [1.29, 1.82) is 0 Å².